The molecular weight excluding hydrogens is 338 g/mol. The Kier molecular flexibility index (Phi) is 4.84. The Labute approximate surface area is 150 Å². The molecule has 4 rings (SSSR count). The first kappa shape index (κ1) is 16.3. The maximum Gasteiger partial charge on any atom is 0.227 e. The molecular formula is C16H21N7OS. The van der Waals surface area contributed by atoms with Gasteiger partial charge in [0.15, 0.2) is 0 Å². The molecule has 0 spiro atoms. The van der Waals surface area contributed by atoms with Crippen molar-refractivity contribution in [2.75, 3.05) is 42.9 Å². The minimum absolute atomic E-state index is 0.00678. The summed E-state index contributed by atoms with van der Waals surface area (Å²) in [4.78, 5) is 25.2. The number of rotatable bonds is 6. The Morgan fingerprint density at radius 1 is 1.16 bits per heavy atom. The van der Waals surface area contributed by atoms with Crippen LogP contribution in [0.4, 0.5) is 11.1 Å². The smallest absolute Gasteiger partial charge is 0.227 e. The van der Waals surface area contributed by atoms with Gasteiger partial charge in [0.1, 0.15) is 5.01 Å². The van der Waals surface area contributed by atoms with Crippen molar-refractivity contribution in [1.29, 1.82) is 0 Å². The van der Waals surface area contributed by atoms with E-state index in [-0.39, 0.29) is 5.91 Å². The number of nitrogens with one attached hydrogen (secondary N) is 1. The summed E-state index contributed by atoms with van der Waals surface area (Å²) in [6, 6.07) is 1.82. The van der Waals surface area contributed by atoms with Crippen molar-refractivity contribution in [2.24, 2.45) is 0 Å². The van der Waals surface area contributed by atoms with Gasteiger partial charge in [-0.3, -0.25) is 9.69 Å². The zero-order valence-electron chi connectivity index (χ0n) is 14.0. The van der Waals surface area contributed by atoms with E-state index in [1.54, 1.807) is 12.4 Å². The maximum atomic E-state index is 12.1. The molecule has 132 valence electrons. The number of piperazine rings is 1. The van der Waals surface area contributed by atoms with E-state index in [4.69, 9.17) is 0 Å². The standard InChI is InChI=1S/C16H21N7OS/c24-13(19-16-21-20-14(25-16)12-2-3-12)4-7-22-8-10-23(11-9-22)15-17-5-1-6-18-15/h1,5-6,12H,2-4,7-11H2,(H,19,21,24). The van der Waals surface area contributed by atoms with Crippen LogP contribution in [0, 0.1) is 0 Å². The van der Waals surface area contributed by atoms with Gasteiger partial charge in [-0.25, -0.2) is 9.97 Å². The first-order valence-corrected chi connectivity index (χ1v) is 9.47. The van der Waals surface area contributed by atoms with Gasteiger partial charge in [0, 0.05) is 57.5 Å². The van der Waals surface area contributed by atoms with Crippen molar-refractivity contribution < 1.29 is 4.79 Å². The molecule has 2 aromatic rings. The summed E-state index contributed by atoms with van der Waals surface area (Å²) in [7, 11) is 0. The van der Waals surface area contributed by atoms with Crippen molar-refractivity contribution in [3.8, 4) is 0 Å². The monoisotopic (exact) mass is 359 g/mol. The van der Waals surface area contributed by atoms with Crippen LogP contribution in [0.15, 0.2) is 18.5 Å². The topological polar surface area (TPSA) is 87.1 Å². The van der Waals surface area contributed by atoms with Crippen LogP contribution < -0.4 is 10.2 Å². The third-order valence-corrected chi connectivity index (χ3v) is 5.48. The molecule has 1 aliphatic heterocycles. The molecule has 0 bridgehead atoms. The molecule has 9 heteroatoms. The van der Waals surface area contributed by atoms with Gasteiger partial charge in [0.2, 0.25) is 17.0 Å². The first-order valence-electron chi connectivity index (χ1n) is 8.65. The van der Waals surface area contributed by atoms with Crippen LogP contribution in [0.2, 0.25) is 0 Å². The fourth-order valence-corrected chi connectivity index (χ4v) is 3.78. The molecule has 1 saturated heterocycles. The second-order valence-electron chi connectivity index (χ2n) is 6.40. The van der Waals surface area contributed by atoms with Gasteiger partial charge in [-0.1, -0.05) is 11.3 Å². The van der Waals surface area contributed by atoms with Crippen LogP contribution in [0.3, 0.4) is 0 Å². The Hall–Kier alpha value is -2.13. The van der Waals surface area contributed by atoms with E-state index in [2.05, 4.69) is 35.3 Å². The summed E-state index contributed by atoms with van der Waals surface area (Å²) >= 11 is 1.50. The lowest BCUT2D eigenvalue weighted by Crippen LogP contribution is -2.47. The molecule has 3 heterocycles. The van der Waals surface area contributed by atoms with Crippen LogP contribution in [0.5, 0.6) is 0 Å². The number of nitrogens with zero attached hydrogens (tertiary/aromatic N) is 6. The molecule has 8 nitrogen and oxygen atoms in total. The Morgan fingerprint density at radius 2 is 1.92 bits per heavy atom. The third kappa shape index (κ3) is 4.29. The molecule has 1 N–H and O–H groups in total. The second-order valence-corrected chi connectivity index (χ2v) is 7.40. The van der Waals surface area contributed by atoms with Gasteiger partial charge in [-0.2, -0.15) is 0 Å². The molecule has 1 amide bonds. The quantitative estimate of drug-likeness (QED) is 0.833. The van der Waals surface area contributed by atoms with E-state index in [1.807, 2.05) is 6.07 Å². The summed E-state index contributed by atoms with van der Waals surface area (Å²) in [5.74, 6) is 1.36. The number of anilines is 2. The molecule has 0 aromatic carbocycles. The zero-order chi connectivity index (χ0) is 17.1. The highest BCUT2D eigenvalue weighted by molar-refractivity contribution is 7.15. The predicted octanol–water partition coefficient (Wildman–Crippen LogP) is 1.36. The van der Waals surface area contributed by atoms with E-state index in [1.165, 1.54) is 24.2 Å². The zero-order valence-corrected chi connectivity index (χ0v) is 14.8. The average Bonchev–Trinajstić information content (AvgIpc) is 3.41. The van der Waals surface area contributed by atoms with Crippen molar-refractivity contribution in [3.63, 3.8) is 0 Å². The number of amides is 1. The lowest BCUT2D eigenvalue weighted by molar-refractivity contribution is -0.116. The summed E-state index contributed by atoms with van der Waals surface area (Å²) in [5, 5.41) is 12.7. The van der Waals surface area contributed by atoms with E-state index in [0.717, 1.165) is 43.7 Å². The Morgan fingerprint density at radius 3 is 2.64 bits per heavy atom. The van der Waals surface area contributed by atoms with Crippen molar-refractivity contribution in [3.05, 3.63) is 23.5 Å². The largest absolute Gasteiger partial charge is 0.338 e. The lowest BCUT2D eigenvalue weighted by atomic mass is 10.3. The van der Waals surface area contributed by atoms with Crippen LogP contribution in [0.25, 0.3) is 0 Å². The molecule has 1 aliphatic carbocycles. The van der Waals surface area contributed by atoms with Crippen LogP contribution in [-0.2, 0) is 4.79 Å². The van der Waals surface area contributed by atoms with Crippen molar-refractivity contribution in [2.45, 2.75) is 25.2 Å². The molecule has 2 fully saturated rings. The average molecular weight is 359 g/mol. The normalized spacial score (nSPS) is 18.3. The van der Waals surface area contributed by atoms with Crippen LogP contribution in [0.1, 0.15) is 30.2 Å². The fraction of sp³-hybridized carbons (Fsp3) is 0.562. The third-order valence-electron chi connectivity index (χ3n) is 4.48. The number of aromatic nitrogens is 4. The molecule has 2 aromatic heterocycles. The summed E-state index contributed by atoms with van der Waals surface area (Å²) in [6.45, 7) is 4.34. The predicted molar refractivity (Wildman–Crippen MR) is 95.8 cm³/mol. The number of carbonyl (C=O) groups excluding carboxylic acids is 1. The highest BCUT2D eigenvalue weighted by Gasteiger charge is 2.27. The molecule has 25 heavy (non-hydrogen) atoms. The molecule has 1 saturated carbocycles. The van der Waals surface area contributed by atoms with Gasteiger partial charge in [0.05, 0.1) is 0 Å². The Bertz CT molecular complexity index is 710. The summed E-state index contributed by atoms with van der Waals surface area (Å²) in [5.41, 5.74) is 0. The first-order chi connectivity index (χ1) is 12.3. The highest BCUT2D eigenvalue weighted by Crippen LogP contribution is 2.42. The number of hydrogen-bond donors (Lipinski definition) is 1. The fourth-order valence-electron chi connectivity index (χ4n) is 2.85. The number of carbonyl (C=O) groups is 1. The molecule has 2 aliphatic rings. The minimum atomic E-state index is 0.00678. The molecule has 0 atom stereocenters. The highest BCUT2D eigenvalue weighted by atomic mass is 32.1. The van der Waals surface area contributed by atoms with E-state index in [9.17, 15) is 4.79 Å². The molecule has 0 radical (unpaired) electrons. The SMILES string of the molecule is O=C(CCN1CCN(c2ncccn2)CC1)Nc1nnc(C2CC2)s1. The van der Waals surface area contributed by atoms with Crippen LogP contribution in [-0.4, -0.2) is 63.7 Å². The van der Waals surface area contributed by atoms with Crippen LogP contribution >= 0.6 is 11.3 Å². The van der Waals surface area contributed by atoms with Gasteiger partial charge in [-0.15, -0.1) is 10.2 Å². The summed E-state index contributed by atoms with van der Waals surface area (Å²) < 4.78 is 0. The van der Waals surface area contributed by atoms with Gasteiger partial charge >= 0.3 is 0 Å². The van der Waals surface area contributed by atoms with E-state index >= 15 is 0 Å². The maximum absolute atomic E-state index is 12.1. The lowest BCUT2D eigenvalue weighted by Gasteiger charge is -2.34. The molecule has 0 unspecified atom stereocenters. The number of hydrogen-bond acceptors (Lipinski definition) is 8. The Balaban J connectivity index is 1.19. The van der Waals surface area contributed by atoms with E-state index in [0.29, 0.717) is 17.5 Å². The van der Waals surface area contributed by atoms with Gasteiger partial charge in [0.25, 0.3) is 0 Å². The van der Waals surface area contributed by atoms with Crippen molar-refractivity contribution in [1.82, 2.24) is 25.1 Å². The summed E-state index contributed by atoms with van der Waals surface area (Å²) in [6.07, 6.45) is 6.40. The van der Waals surface area contributed by atoms with E-state index < -0.39 is 0 Å². The second kappa shape index (κ2) is 7.40. The van der Waals surface area contributed by atoms with Gasteiger partial charge in [-0.05, 0) is 18.9 Å². The van der Waals surface area contributed by atoms with Gasteiger partial charge < -0.3 is 10.2 Å². The minimum Gasteiger partial charge on any atom is -0.338 e. The van der Waals surface area contributed by atoms with Crippen molar-refractivity contribution >= 4 is 28.3 Å².